The predicted octanol–water partition coefficient (Wildman–Crippen LogP) is 2.61. The summed E-state index contributed by atoms with van der Waals surface area (Å²) in [6.07, 6.45) is 2.60. The van der Waals surface area contributed by atoms with Crippen LogP contribution in [0.25, 0.3) is 0 Å². The van der Waals surface area contributed by atoms with Gasteiger partial charge >= 0.3 is 0 Å². The zero-order chi connectivity index (χ0) is 8.65. The molecule has 1 unspecified atom stereocenters. The van der Waals surface area contributed by atoms with Crippen molar-refractivity contribution < 1.29 is 4.79 Å². The van der Waals surface area contributed by atoms with Crippen LogP contribution in [-0.2, 0) is 4.79 Å². The summed E-state index contributed by atoms with van der Waals surface area (Å²) in [5.74, 6) is 0.329. The third-order valence-corrected chi connectivity index (χ3v) is 5.14. The summed E-state index contributed by atoms with van der Waals surface area (Å²) in [4.78, 5) is 11.1. The van der Waals surface area contributed by atoms with E-state index in [0.29, 0.717) is 11.3 Å². The van der Waals surface area contributed by atoms with Crippen LogP contribution in [0.3, 0.4) is 0 Å². The maximum Gasteiger partial charge on any atom is 0.155 e. The maximum atomic E-state index is 11.1. The summed E-state index contributed by atoms with van der Waals surface area (Å²) in [5.41, 5.74) is 1.92. The van der Waals surface area contributed by atoms with Crippen molar-refractivity contribution in [1.82, 2.24) is 0 Å². The highest BCUT2D eigenvalue weighted by Crippen LogP contribution is 2.37. The Kier molecular flexibility index (Phi) is 2.05. The van der Waals surface area contributed by atoms with E-state index < -0.39 is 8.07 Å². The van der Waals surface area contributed by atoms with Gasteiger partial charge in [-0.3, -0.25) is 4.79 Å². The zero-order valence-electron chi connectivity index (χ0n) is 7.77. The van der Waals surface area contributed by atoms with Crippen LogP contribution in [0.4, 0.5) is 0 Å². The Labute approximate surface area is 69.5 Å². The van der Waals surface area contributed by atoms with Gasteiger partial charge in [0.1, 0.15) is 0 Å². The molecule has 1 aliphatic rings. The summed E-state index contributed by atoms with van der Waals surface area (Å²) in [6.45, 7) is 9.07. The molecule has 0 aliphatic heterocycles. The highest BCUT2D eigenvalue weighted by Gasteiger charge is 2.33. The largest absolute Gasteiger partial charge is 0.295 e. The molecule has 0 heterocycles. The second-order valence-electron chi connectivity index (χ2n) is 4.48. The highest BCUT2D eigenvalue weighted by molar-refractivity contribution is 6.78. The van der Waals surface area contributed by atoms with Crippen molar-refractivity contribution in [2.24, 2.45) is 0 Å². The molecule has 2 heteroatoms. The van der Waals surface area contributed by atoms with Gasteiger partial charge < -0.3 is 0 Å². The van der Waals surface area contributed by atoms with E-state index in [-0.39, 0.29) is 0 Å². The second kappa shape index (κ2) is 2.59. The summed E-state index contributed by atoms with van der Waals surface area (Å²) >= 11 is 0. The molecule has 0 saturated carbocycles. The fraction of sp³-hybridized carbons (Fsp3) is 0.667. The number of allylic oxidation sites excluding steroid dienone is 2. The molecule has 0 saturated heterocycles. The van der Waals surface area contributed by atoms with Crippen molar-refractivity contribution in [2.45, 2.75) is 38.5 Å². The van der Waals surface area contributed by atoms with Crippen LogP contribution in [0.2, 0.25) is 25.2 Å². The van der Waals surface area contributed by atoms with Crippen LogP contribution in [0.5, 0.6) is 0 Å². The Morgan fingerprint density at radius 2 is 2.00 bits per heavy atom. The molecule has 0 fully saturated rings. The van der Waals surface area contributed by atoms with E-state index in [4.69, 9.17) is 0 Å². The predicted molar refractivity (Wildman–Crippen MR) is 50.5 cm³/mol. The van der Waals surface area contributed by atoms with Crippen LogP contribution in [0.1, 0.15) is 13.3 Å². The SMILES string of the molecule is CC1=CC(=O)CC1[Si](C)(C)C. The number of carbonyl (C=O) groups is 1. The van der Waals surface area contributed by atoms with Crippen molar-refractivity contribution in [2.75, 3.05) is 0 Å². The third kappa shape index (κ3) is 1.80. The maximum absolute atomic E-state index is 11.1. The van der Waals surface area contributed by atoms with E-state index >= 15 is 0 Å². The normalized spacial score (nSPS) is 25.6. The summed E-state index contributed by atoms with van der Waals surface area (Å²) in [7, 11) is -1.12. The minimum atomic E-state index is -1.12. The number of hydrogen-bond donors (Lipinski definition) is 0. The van der Waals surface area contributed by atoms with E-state index in [1.165, 1.54) is 5.57 Å². The molecule has 1 rings (SSSR count). The standard InChI is InChI=1S/C9H16OSi/c1-7-5-8(10)6-9(7)11(2,3)4/h5,9H,6H2,1-4H3. The number of carbonyl (C=O) groups excluding carboxylic acids is 1. The first kappa shape index (κ1) is 8.72. The molecular formula is C9H16OSi. The molecule has 0 aromatic heterocycles. The van der Waals surface area contributed by atoms with Gasteiger partial charge in [0.05, 0.1) is 8.07 Å². The molecule has 0 aromatic rings. The molecule has 1 atom stereocenters. The second-order valence-corrected chi connectivity index (χ2v) is 9.91. The van der Waals surface area contributed by atoms with Gasteiger partial charge in [-0.25, -0.2) is 0 Å². The van der Waals surface area contributed by atoms with Gasteiger partial charge in [0.15, 0.2) is 5.78 Å². The van der Waals surface area contributed by atoms with E-state index in [1.807, 2.05) is 6.08 Å². The summed E-state index contributed by atoms with van der Waals surface area (Å²) in [6, 6.07) is 0. The van der Waals surface area contributed by atoms with E-state index in [2.05, 4.69) is 26.6 Å². The van der Waals surface area contributed by atoms with Crippen LogP contribution in [-0.4, -0.2) is 13.9 Å². The minimum Gasteiger partial charge on any atom is -0.295 e. The van der Waals surface area contributed by atoms with Crippen molar-refractivity contribution >= 4 is 13.9 Å². The molecule has 62 valence electrons. The van der Waals surface area contributed by atoms with Gasteiger partial charge in [0.2, 0.25) is 0 Å². The number of ketones is 1. The lowest BCUT2D eigenvalue weighted by Crippen LogP contribution is -2.27. The van der Waals surface area contributed by atoms with E-state index in [0.717, 1.165) is 6.42 Å². The molecule has 1 nitrogen and oxygen atoms in total. The Morgan fingerprint density at radius 3 is 2.18 bits per heavy atom. The fourth-order valence-electron chi connectivity index (χ4n) is 1.76. The Bertz CT molecular complexity index is 210. The van der Waals surface area contributed by atoms with Crippen molar-refractivity contribution in [3.8, 4) is 0 Å². The van der Waals surface area contributed by atoms with E-state index in [9.17, 15) is 4.79 Å². The summed E-state index contributed by atoms with van der Waals surface area (Å²) in [5, 5.41) is 0. The summed E-state index contributed by atoms with van der Waals surface area (Å²) < 4.78 is 0. The first-order valence-corrected chi connectivity index (χ1v) is 7.70. The lowest BCUT2D eigenvalue weighted by atomic mass is 10.2. The van der Waals surface area contributed by atoms with Gasteiger partial charge in [-0.15, -0.1) is 0 Å². The quantitative estimate of drug-likeness (QED) is 0.550. The molecule has 0 bridgehead atoms. The zero-order valence-corrected chi connectivity index (χ0v) is 8.77. The average Bonchev–Trinajstić information content (AvgIpc) is 2.08. The first-order valence-electron chi connectivity index (χ1n) is 4.12. The van der Waals surface area contributed by atoms with Crippen LogP contribution in [0, 0.1) is 0 Å². The molecule has 11 heavy (non-hydrogen) atoms. The Morgan fingerprint density at radius 1 is 1.45 bits per heavy atom. The highest BCUT2D eigenvalue weighted by atomic mass is 28.3. The van der Waals surface area contributed by atoms with Gasteiger partial charge in [0.25, 0.3) is 0 Å². The molecule has 0 amide bonds. The number of rotatable bonds is 1. The Balaban J connectivity index is 2.80. The van der Waals surface area contributed by atoms with Crippen molar-refractivity contribution in [1.29, 1.82) is 0 Å². The van der Waals surface area contributed by atoms with Crippen LogP contribution in [0.15, 0.2) is 11.6 Å². The van der Waals surface area contributed by atoms with Gasteiger partial charge in [0, 0.05) is 6.42 Å². The van der Waals surface area contributed by atoms with Gasteiger partial charge in [-0.05, 0) is 18.5 Å². The minimum absolute atomic E-state index is 0.329. The molecule has 0 radical (unpaired) electrons. The third-order valence-electron chi connectivity index (χ3n) is 2.39. The van der Waals surface area contributed by atoms with E-state index in [1.54, 1.807) is 0 Å². The topological polar surface area (TPSA) is 17.1 Å². The first-order chi connectivity index (χ1) is 4.91. The average molecular weight is 168 g/mol. The monoisotopic (exact) mass is 168 g/mol. The van der Waals surface area contributed by atoms with Crippen LogP contribution < -0.4 is 0 Å². The number of hydrogen-bond acceptors (Lipinski definition) is 1. The molecule has 1 aliphatic carbocycles. The van der Waals surface area contributed by atoms with Gasteiger partial charge in [-0.2, -0.15) is 0 Å². The van der Waals surface area contributed by atoms with Crippen molar-refractivity contribution in [3.05, 3.63) is 11.6 Å². The van der Waals surface area contributed by atoms with Gasteiger partial charge in [-0.1, -0.05) is 25.2 Å². The van der Waals surface area contributed by atoms with Crippen LogP contribution >= 0.6 is 0 Å². The lowest BCUT2D eigenvalue weighted by Gasteiger charge is -2.25. The fourth-order valence-corrected chi connectivity index (χ4v) is 4.03. The Hall–Kier alpha value is -0.373. The molecule has 0 aromatic carbocycles. The molecular weight excluding hydrogens is 152 g/mol. The lowest BCUT2D eigenvalue weighted by molar-refractivity contribution is -0.114. The molecule has 0 spiro atoms. The molecule has 0 N–H and O–H groups in total. The smallest absolute Gasteiger partial charge is 0.155 e. The van der Waals surface area contributed by atoms with Crippen molar-refractivity contribution in [3.63, 3.8) is 0 Å².